The molecule has 0 aromatic carbocycles. The molecule has 6 nitrogen and oxygen atoms in total. The number of aromatic nitrogens is 1. The quantitative estimate of drug-likeness (QED) is 0.888. The van der Waals surface area contributed by atoms with E-state index in [2.05, 4.69) is 4.72 Å². The van der Waals surface area contributed by atoms with E-state index in [1.54, 1.807) is 26.2 Å². The Bertz CT molecular complexity index is 636. The Labute approximate surface area is 113 Å². The Morgan fingerprint density at radius 1 is 1.42 bits per heavy atom. The first kappa shape index (κ1) is 14.1. The average molecular weight is 285 g/mol. The zero-order valence-corrected chi connectivity index (χ0v) is 12.2. The fraction of sp³-hybridized carbons (Fsp3) is 0.583. The molecule has 1 atom stereocenters. The van der Waals surface area contributed by atoms with Crippen LogP contribution in [0, 0.1) is 12.8 Å². The van der Waals surface area contributed by atoms with E-state index in [0.717, 1.165) is 6.42 Å². The topological polar surface area (TPSA) is 71.4 Å². The SMILES string of the molecule is Cc1ccn(C)c(=O)c1NS(=O)(=O)N1CC[C@H](C)C1. The Balaban J connectivity index is 2.31. The molecule has 1 aliphatic heterocycles. The van der Waals surface area contributed by atoms with Crippen LogP contribution < -0.4 is 10.3 Å². The van der Waals surface area contributed by atoms with Gasteiger partial charge in [-0.3, -0.25) is 9.52 Å². The lowest BCUT2D eigenvalue weighted by atomic mass is 10.2. The molecule has 0 unspecified atom stereocenters. The van der Waals surface area contributed by atoms with Crippen molar-refractivity contribution in [3.63, 3.8) is 0 Å². The number of nitrogens with zero attached hydrogens (tertiary/aromatic N) is 2. The van der Waals surface area contributed by atoms with E-state index < -0.39 is 10.2 Å². The molecular weight excluding hydrogens is 266 g/mol. The van der Waals surface area contributed by atoms with E-state index in [0.29, 0.717) is 24.6 Å². The molecule has 0 aliphatic carbocycles. The van der Waals surface area contributed by atoms with Crippen molar-refractivity contribution in [2.24, 2.45) is 13.0 Å². The minimum absolute atomic E-state index is 0.129. The van der Waals surface area contributed by atoms with Crippen LogP contribution in [0.1, 0.15) is 18.9 Å². The van der Waals surface area contributed by atoms with Gasteiger partial charge in [0.2, 0.25) is 0 Å². The van der Waals surface area contributed by atoms with Gasteiger partial charge in [-0.05, 0) is 30.9 Å². The van der Waals surface area contributed by atoms with Gasteiger partial charge in [0.25, 0.3) is 5.56 Å². The van der Waals surface area contributed by atoms with Crippen molar-refractivity contribution in [1.29, 1.82) is 0 Å². The van der Waals surface area contributed by atoms with Crippen LogP contribution >= 0.6 is 0 Å². The van der Waals surface area contributed by atoms with Crippen LogP contribution in [0.3, 0.4) is 0 Å². The van der Waals surface area contributed by atoms with Crippen molar-refractivity contribution < 1.29 is 8.42 Å². The molecule has 1 aromatic rings. The van der Waals surface area contributed by atoms with E-state index >= 15 is 0 Å². The number of nitrogens with one attached hydrogen (secondary N) is 1. The summed E-state index contributed by atoms with van der Waals surface area (Å²) < 4.78 is 29.6. The zero-order valence-electron chi connectivity index (χ0n) is 11.4. The third-order valence-electron chi connectivity index (χ3n) is 3.43. The van der Waals surface area contributed by atoms with Gasteiger partial charge in [0.1, 0.15) is 5.69 Å². The zero-order chi connectivity index (χ0) is 14.2. The normalized spacial score (nSPS) is 20.7. The third kappa shape index (κ3) is 2.82. The minimum Gasteiger partial charge on any atom is -0.317 e. The fourth-order valence-corrected chi connectivity index (χ4v) is 3.58. The molecule has 0 bridgehead atoms. The van der Waals surface area contributed by atoms with Crippen LogP contribution in [0.15, 0.2) is 17.1 Å². The van der Waals surface area contributed by atoms with Crippen molar-refractivity contribution in [2.45, 2.75) is 20.3 Å². The van der Waals surface area contributed by atoms with Gasteiger partial charge in [-0.15, -0.1) is 0 Å². The molecule has 1 aromatic heterocycles. The molecule has 2 rings (SSSR count). The fourth-order valence-electron chi connectivity index (χ4n) is 2.15. The number of hydrogen-bond acceptors (Lipinski definition) is 3. The van der Waals surface area contributed by atoms with Crippen LogP contribution in [0.25, 0.3) is 0 Å². The summed E-state index contributed by atoms with van der Waals surface area (Å²) in [4.78, 5) is 12.0. The summed E-state index contributed by atoms with van der Waals surface area (Å²) in [6, 6.07) is 1.71. The third-order valence-corrected chi connectivity index (χ3v) is 4.91. The molecule has 2 heterocycles. The van der Waals surface area contributed by atoms with E-state index in [1.807, 2.05) is 6.92 Å². The molecule has 19 heavy (non-hydrogen) atoms. The van der Waals surface area contributed by atoms with Gasteiger partial charge >= 0.3 is 10.2 Å². The summed E-state index contributed by atoms with van der Waals surface area (Å²) in [7, 11) is -2.04. The highest BCUT2D eigenvalue weighted by atomic mass is 32.2. The largest absolute Gasteiger partial charge is 0.317 e. The molecule has 1 N–H and O–H groups in total. The monoisotopic (exact) mass is 285 g/mol. The van der Waals surface area contributed by atoms with E-state index in [9.17, 15) is 13.2 Å². The van der Waals surface area contributed by atoms with E-state index in [4.69, 9.17) is 0 Å². The van der Waals surface area contributed by atoms with Crippen LogP contribution in [0.4, 0.5) is 5.69 Å². The van der Waals surface area contributed by atoms with Crippen molar-refractivity contribution >= 4 is 15.9 Å². The van der Waals surface area contributed by atoms with Crippen LogP contribution in [0.5, 0.6) is 0 Å². The van der Waals surface area contributed by atoms with Gasteiger partial charge < -0.3 is 4.57 Å². The molecule has 0 amide bonds. The van der Waals surface area contributed by atoms with Crippen molar-refractivity contribution in [1.82, 2.24) is 8.87 Å². The Morgan fingerprint density at radius 2 is 2.11 bits per heavy atom. The number of pyridine rings is 1. The van der Waals surface area contributed by atoms with Crippen molar-refractivity contribution in [3.8, 4) is 0 Å². The van der Waals surface area contributed by atoms with Gasteiger partial charge in [-0.1, -0.05) is 6.92 Å². The van der Waals surface area contributed by atoms with Gasteiger partial charge in [-0.2, -0.15) is 12.7 Å². The second-order valence-corrected chi connectivity index (χ2v) is 6.82. The summed E-state index contributed by atoms with van der Waals surface area (Å²) in [6.45, 7) is 4.73. The first-order valence-electron chi connectivity index (χ1n) is 6.25. The Kier molecular flexibility index (Phi) is 3.69. The van der Waals surface area contributed by atoms with Gasteiger partial charge in [0.05, 0.1) is 0 Å². The Morgan fingerprint density at radius 3 is 2.68 bits per heavy atom. The maximum Gasteiger partial charge on any atom is 0.301 e. The summed E-state index contributed by atoms with van der Waals surface area (Å²) in [5, 5.41) is 0. The smallest absolute Gasteiger partial charge is 0.301 e. The standard InChI is InChI=1S/C12H19N3O3S/c1-9-4-7-15(8-9)19(17,18)13-11-10(2)5-6-14(3)12(11)16/h5-6,9,13H,4,7-8H2,1-3H3/t9-/m0/s1. The number of anilines is 1. The first-order chi connectivity index (χ1) is 8.81. The van der Waals surface area contributed by atoms with E-state index in [-0.39, 0.29) is 11.2 Å². The number of rotatable bonds is 3. The molecule has 1 aliphatic rings. The van der Waals surface area contributed by atoms with E-state index in [1.165, 1.54) is 8.87 Å². The minimum atomic E-state index is -3.64. The van der Waals surface area contributed by atoms with Crippen molar-refractivity contribution in [3.05, 3.63) is 28.2 Å². The summed E-state index contributed by atoms with van der Waals surface area (Å²) in [5.41, 5.74) is 0.416. The molecule has 1 saturated heterocycles. The van der Waals surface area contributed by atoms with Crippen LogP contribution in [-0.4, -0.2) is 30.4 Å². The highest BCUT2D eigenvalue weighted by Gasteiger charge is 2.30. The maximum atomic E-state index is 12.2. The van der Waals surface area contributed by atoms with Crippen LogP contribution in [-0.2, 0) is 17.3 Å². The van der Waals surface area contributed by atoms with Gasteiger partial charge in [0.15, 0.2) is 0 Å². The van der Waals surface area contributed by atoms with Gasteiger partial charge in [-0.25, -0.2) is 0 Å². The molecule has 0 saturated carbocycles. The summed E-state index contributed by atoms with van der Waals surface area (Å²) >= 11 is 0. The predicted molar refractivity (Wildman–Crippen MR) is 74.3 cm³/mol. The lowest BCUT2D eigenvalue weighted by molar-refractivity contribution is 0.469. The highest BCUT2D eigenvalue weighted by molar-refractivity contribution is 7.90. The molecule has 1 fully saturated rings. The van der Waals surface area contributed by atoms with Gasteiger partial charge in [0, 0.05) is 26.3 Å². The average Bonchev–Trinajstić information content (AvgIpc) is 2.77. The molecule has 0 radical (unpaired) electrons. The maximum absolute atomic E-state index is 12.2. The lowest BCUT2D eigenvalue weighted by Gasteiger charge is -2.18. The molecule has 106 valence electrons. The lowest BCUT2D eigenvalue weighted by Crippen LogP contribution is -2.36. The van der Waals surface area contributed by atoms with Crippen LogP contribution in [0.2, 0.25) is 0 Å². The second kappa shape index (κ2) is 4.97. The van der Waals surface area contributed by atoms with Crippen molar-refractivity contribution in [2.75, 3.05) is 17.8 Å². The second-order valence-electron chi connectivity index (χ2n) is 5.15. The summed E-state index contributed by atoms with van der Waals surface area (Å²) in [6.07, 6.45) is 2.47. The molecule has 7 heteroatoms. The first-order valence-corrected chi connectivity index (χ1v) is 7.69. The number of hydrogen-bond donors (Lipinski definition) is 1. The Hall–Kier alpha value is -1.34. The predicted octanol–water partition coefficient (Wildman–Crippen LogP) is 0.692. The number of aryl methyl sites for hydroxylation is 2. The highest BCUT2D eigenvalue weighted by Crippen LogP contribution is 2.20. The molecular formula is C12H19N3O3S. The summed E-state index contributed by atoms with van der Waals surface area (Å²) in [5.74, 6) is 0.358. The molecule has 0 spiro atoms.